The first-order chi connectivity index (χ1) is 16.4. The van der Waals surface area contributed by atoms with E-state index in [-0.39, 0.29) is 44.9 Å². The number of hydrogen-bond donors (Lipinski definition) is 3. The van der Waals surface area contributed by atoms with Crippen LogP contribution < -0.4 is 10.6 Å². The van der Waals surface area contributed by atoms with Crippen molar-refractivity contribution in [2.24, 2.45) is 0 Å². The van der Waals surface area contributed by atoms with Crippen molar-refractivity contribution >= 4 is 23.9 Å². The SMILES string of the molecule is CCOC(=O)CCNC(=O)C(CCC(=O)O)NC(=O)OCC1c2ccccc2-c2ccccc21. The van der Waals surface area contributed by atoms with Gasteiger partial charge in [-0.05, 0) is 35.6 Å². The van der Waals surface area contributed by atoms with Gasteiger partial charge in [-0.1, -0.05) is 48.5 Å². The number of carbonyl (C=O) groups is 4. The van der Waals surface area contributed by atoms with Gasteiger partial charge in [-0.15, -0.1) is 0 Å². The lowest BCUT2D eigenvalue weighted by Gasteiger charge is -2.19. The molecule has 0 spiro atoms. The summed E-state index contributed by atoms with van der Waals surface area (Å²) in [6, 6.07) is 14.7. The van der Waals surface area contributed by atoms with E-state index in [1.807, 2.05) is 48.5 Å². The Hall–Kier alpha value is -3.88. The van der Waals surface area contributed by atoms with Crippen LogP contribution in [0.1, 0.15) is 43.2 Å². The standard InChI is InChI=1S/C25H28N2O7/c1-2-33-23(30)13-14-26-24(31)21(11-12-22(28)29)27-25(32)34-15-20-18-9-5-3-7-16(18)17-8-4-6-10-19(17)20/h3-10,20-21H,2,11-15H2,1H3,(H,26,31)(H,27,32)(H,28,29). The fourth-order valence-electron chi connectivity index (χ4n) is 3.96. The highest BCUT2D eigenvalue weighted by Crippen LogP contribution is 2.44. The van der Waals surface area contributed by atoms with Gasteiger partial charge in [0, 0.05) is 18.9 Å². The molecule has 2 aromatic rings. The third-order valence-electron chi connectivity index (χ3n) is 5.53. The molecule has 9 heteroatoms. The van der Waals surface area contributed by atoms with Gasteiger partial charge >= 0.3 is 18.0 Å². The van der Waals surface area contributed by atoms with Gasteiger partial charge in [0.1, 0.15) is 12.6 Å². The number of alkyl carbamates (subject to hydrolysis) is 1. The zero-order chi connectivity index (χ0) is 24.5. The van der Waals surface area contributed by atoms with Gasteiger partial charge in [0.15, 0.2) is 0 Å². The average molecular weight is 469 g/mol. The van der Waals surface area contributed by atoms with Crippen molar-refractivity contribution in [1.29, 1.82) is 0 Å². The molecule has 0 saturated heterocycles. The van der Waals surface area contributed by atoms with Crippen LogP contribution in [0.5, 0.6) is 0 Å². The highest BCUT2D eigenvalue weighted by molar-refractivity contribution is 5.86. The highest BCUT2D eigenvalue weighted by atomic mass is 16.5. The molecule has 2 aromatic carbocycles. The first-order valence-electron chi connectivity index (χ1n) is 11.2. The van der Waals surface area contributed by atoms with Crippen LogP contribution >= 0.6 is 0 Å². The van der Waals surface area contributed by atoms with Crippen LogP contribution in [-0.4, -0.2) is 54.8 Å². The Morgan fingerprint density at radius 1 is 0.941 bits per heavy atom. The fourth-order valence-corrected chi connectivity index (χ4v) is 3.96. The van der Waals surface area contributed by atoms with E-state index >= 15 is 0 Å². The number of rotatable bonds is 11. The number of amides is 2. The van der Waals surface area contributed by atoms with E-state index < -0.39 is 30.0 Å². The molecule has 1 atom stereocenters. The van der Waals surface area contributed by atoms with Gasteiger partial charge < -0.3 is 25.2 Å². The lowest BCUT2D eigenvalue weighted by atomic mass is 9.98. The van der Waals surface area contributed by atoms with E-state index in [1.54, 1.807) is 6.92 Å². The van der Waals surface area contributed by atoms with Gasteiger partial charge in [0.2, 0.25) is 5.91 Å². The number of nitrogens with one attached hydrogen (secondary N) is 2. The molecule has 1 aliphatic rings. The molecule has 0 heterocycles. The first kappa shape index (κ1) is 24.8. The summed E-state index contributed by atoms with van der Waals surface area (Å²) in [7, 11) is 0. The molecule has 0 bridgehead atoms. The molecule has 0 aliphatic heterocycles. The van der Waals surface area contributed by atoms with E-state index in [4.69, 9.17) is 14.6 Å². The maximum absolute atomic E-state index is 12.5. The number of carboxylic acids is 1. The van der Waals surface area contributed by atoms with Crippen LogP contribution in [0.3, 0.4) is 0 Å². The minimum absolute atomic E-state index is 0.00755. The summed E-state index contributed by atoms with van der Waals surface area (Å²) in [6.45, 7) is 1.98. The Bertz CT molecular complexity index is 1010. The normalized spacial score (nSPS) is 12.7. The molecule has 9 nitrogen and oxygen atoms in total. The molecule has 0 radical (unpaired) electrons. The smallest absolute Gasteiger partial charge is 0.407 e. The van der Waals surface area contributed by atoms with Crippen molar-refractivity contribution in [1.82, 2.24) is 10.6 Å². The molecular formula is C25H28N2O7. The lowest BCUT2D eigenvalue weighted by Crippen LogP contribution is -2.47. The minimum Gasteiger partial charge on any atom is -0.481 e. The van der Waals surface area contributed by atoms with Crippen molar-refractivity contribution in [2.75, 3.05) is 19.8 Å². The van der Waals surface area contributed by atoms with Crippen molar-refractivity contribution in [3.8, 4) is 11.1 Å². The van der Waals surface area contributed by atoms with Gasteiger partial charge in [0.05, 0.1) is 13.0 Å². The van der Waals surface area contributed by atoms with Crippen LogP contribution in [0.15, 0.2) is 48.5 Å². The number of carbonyl (C=O) groups excluding carboxylic acids is 3. The van der Waals surface area contributed by atoms with E-state index in [0.717, 1.165) is 22.3 Å². The zero-order valence-electron chi connectivity index (χ0n) is 18.9. The van der Waals surface area contributed by atoms with E-state index in [9.17, 15) is 19.2 Å². The van der Waals surface area contributed by atoms with Gasteiger partial charge in [-0.2, -0.15) is 0 Å². The Labute approximate surface area is 197 Å². The number of aliphatic carboxylic acids is 1. The monoisotopic (exact) mass is 468 g/mol. The topological polar surface area (TPSA) is 131 Å². The number of esters is 1. The number of carboxylic acid groups (broad SMARTS) is 1. The lowest BCUT2D eigenvalue weighted by molar-refractivity contribution is -0.143. The number of ether oxygens (including phenoxy) is 2. The van der Waals surface area contributed by atoms with Gasteiger partial charge in [-0.3, -0.25) is 14.4 Å². The molecule has 1 unspecified atom stereocenters. The Kier molecular flexibility index (Phi) is 8.61. The summed E-state index contributed by atoms with van der Waals surface area (Å²) >= 11 is 0. The second kappa shape index (κ2) is 11.8. The molecule has 0 fully saturated rings. The summed E-state index contributed by atoms with van der Waals surface area (Å²) in [6.07, 6.45) is -1.29. The van der Waals surface area contributed by atoms with E-state index in [2.05, 4.69) is 10.6 Å². The second-order valence-corrected chi connectivity index (χ2v) is 7.80. The number of benzene rings is 2. The summed E-state index contributed by atoms with van der Waals surface area (Å²) < 4.78 is 10.3. The predicted molar refractivity (Wildman–Crippen MR) is 123 cm³/mol. The summed E-state index contributed by atoms with van der Waals surface area (Å²) in [4.78, 5) is 47.4. The average Bonchev–Trinajstić information content (AvgIpc) is 3.14. The minimum atomic E-state index is -1.12. The molecular weight excluding hydrogens is 440 g/mol. The molecule has 3 N–H and O–H groups in total. The maximum atomic E-state index is 12.5. The second-order valence-electron chi connectivity index (χ2n) is 7.80. The largest absolute Gasteiger partial charge is 0.481 e. The summed E-state index contributed by atoms with van der Waals surface area (Å²) in [5.74, 6) is -2.30. The molecule has 180 valence electrons. The van der Waals surface area contributed by atoms with Crippen LogP contribution in [-0.2, 0) is 23.9 Å². The van der Waals surface area contributed by atoms with Crippen LogP contribution in [0, 0.1) is 0 Å². The maximum Gasteiger partial charge on any atom is 0.407 e. The van der Waals surface area contributed by atoms with Crippen molar-refractivity contribution < 1.29 is 33.8 Å². The predicted octanol–water partition coefficient (Wildman–Crippen LogP) is 2.83. The summed E-state index contributed by atoms with van der Waals surface area (Å²) in [5.41, 5.74) is 4.28. The summed E-state index contributed by atoms with van der Waals surface area (Å²) in [5, 5.41) is 14.0. The van der Waals surface area contributed by atoms with Crippen LogP contribution in [0.4, 0.5) is 4.79 Å². The third kappa shape index (κ3) is 6.34. The van der Waals surface area contributed by atoms with Crippen molar-refractivity contribution in [2.45, 2.75) is 38.1 Å². The van der Waals surface area contributed by atoms with E-state index in [0.29, 0.717) is 0 Å². The fraction of sp³-hybridized carbons (Fsp3) is 0.360. The molecule has 3 rings (SSSR count). The highest BCUT2D eigenvalue weighted by Gasteiger charge is 2.30. The van der Waals surface area contributed by atoms with Crippen LogP contribution in [0.25, 0.3) is 11.1 Å². The van der Waals surface area contributed by atoms with E-state index in [1.165, 1.54) is 0 Å². The Morgan fingerprint density at radius 2 is 1.56 bits per heavy atom. The molecule has 1 aliphatic carbocycles. The quantitative estimate of drug-likeness (QED) is 0.432. The first-order valence-corrected chi connectivity index (χ1v) is 11.2. The number of hydrogen-bond acceptors (Lipinski definition) is 6. The van der Waals surface area contributed by atoms with Crippen molar-refractivity contribution in [3.05, 3.63) is 59.7 Å². The van der Waals surface area contributed by atoms with Crippen LogP contribution in [0.2, 0.25) is 0 Å². The Balaban J connectivity index is 1.59. The molecule has 2 amide bonds. The van der Waals surface area contributed by atoms with Crippen molar-refractivity contribution in [3.63, 3.8) is 0 Å². The molecule has 34 heavy (non-hydrogen) atoms. The van der Waals surface area contributed by atoms with Gasteiger partial charge in [0.25, 0.3) is 0 Å². The molecule has 0 aromatic heterocycles. The Morgan fingerprint density at radius 3 is 2.15 bits per heavy atom. The third-order valence-corrected chi connectivity index (χ3v) is 5.53. The number of fused-ring (bicyclic) bond motifs is 3. The van der Waals surface area contributed by atoms with Gasteiger partial charge in [-0.25, -0.2) is 4.79 Å². The molecule has 0 saturated carbocycles. The zero-order valence-corrected chi connectivity index (χ0v) is 18.9.